The van der Waals surface area contributed by atoms with E-state index in [0.29, 0.717) is 0 Å². The van der Waals surface area contributed by atoms with Gasteiger partial charge in [0, 0.05) is 5.02 Å². The van der Waals surface area contributed by atoms with Gasteiger partial charge in [0.15, 0.2) is 0 Å². The van der Waals surface area contributed by atoms with Crippen LogP contribution in [-0.4, -0.2) is 9.59 Å². The predicted molar refractivity (Wildman–Crippen MR) is 74.5 cm³/mol. The van der Waals surface area contributed by atoms with E-state index in [9.17, 15) is 0 Å². The average Bonchev–Trinajstić information content (AvgIpc) is 2.86. The largest absolute Gasteiger partial charge is 0.271 e. The lowest BCUT2D eigenvalue weighted by atomic mass is 10.0. The lowest BCUT2D eigenvalue weighted by Crippen LogP contribution is -2.29. The van der Waals surface area contributed by atoms with Gasteiger partial charge in [0.05, 0.1) is 16.6 Å². The first-order valence-electron chi connectivity index (χ1n) is 5.77. The zero-order chi connectivity index (χ0) is 13.0. The van der Waals surface area contributed by atoms with Crippen molar-refractivity contribution in [3.05, 3.63) is 45.4 Å². The molecule has 0 saturated carbocycles. The van der Waals surface area contributed by atoms with Crippen molar-refractivity contribution in [2.45, 2.75) is 25.8 Å². The number of halogens is 1. The highest BCUT2D eigenvalue weighted by molar-refractivity contribution is 7.05. The second kappa shape index (κ2) is 6.24. The van der Waals surface area contributed by atoms with Gasteiger partial charge >= 0.3 is 0 Å². The van der Waals surface area contributed by atoms with Crippen LogP contribution in [0.4, 0.5) is 0 Å². The van der Waals surface area contributed by atoms with Gasteiger partial charge in [-0.2, -0.15) is 0 Å². The van der Waals surface area contributed by atoms with E-state index in [1.807, 2.05) is 24.3 Å². The van der Waals surface area contributed by atoms with E-state index in [-0.39, 0.29) is 6.04 Å². The Morgan fingerprint density at radius 2 is 2.22 bits per heavy atom. The first-order valence-corrected chi connectivity index (χ1v) is 6.92. The van der Waals surface area contributed by atoms with Crippen molar-refractivity contribution in [3.63, 3.8) is 0 Å². The van der Waals surface area contributed by atoms with Crippen LogP contribution in [-0.2, 0) is 12.8 Å². The maximum absolute atomic E-state index is 6.16. The molecule has 0 spiro atoms. The number of benzene rings is 1. The van der Waals surface area contributed by atoms with Crippen LogP contribution in [0.1, 0.15) is 29.1 Å². The van der Waals surface area contributed by atoms with Gasteiger partial charge in [-0.3, -0.25) is 11.3 Å². The summed E-state index contributed by atoms with van der Waals surface area (Å²) in [7, 11) is 0. The average molecular weight is 283 g/mol. The molecule has 2 aromatic rings. The lowest BCUT2D eigenvalue weighted by Gasteiger charge is -2.15. The molecule has 96 valence electrons. The highest BCUT2D eigenvalue weighted by Gasteiger charge is 2.18. The first kappa shape index (κ1) is 13.4. The molecule has 1 atom stereocenters. The summed E-state index contributed by atoms with van der Waals surface area (Å²) in [6.07, 6.45) is 1.58. The third kappa shape index (κ3) is 2.87. The van der Waals surface area contributed by atoms with Crippen LogP contribution in [0, 0.1) is 0 Å². The molecule has 1 aromatic heterocycles. The molecule has 0 aliphatic rings. The molecule has 0 amide bonds. The number of nitrogens with zero attached hydrogens (tertiary/aromatic N) is 2. The minimum Gasteiger partial charge on any atom is -0.271 e. The number of rotatable bonds is 5. The van der Waals surface area contributed by atoms with Crippen LogP contribution in [0.15, 0.2) is 24.3 Å². The van der Waals surface area contributed by atoms with E-state index >= 15 is 0 Å². The molecule has 1 aromatic carbocycles. The molecule has 0 saturated heterocycles. The van der Waals surface area contributed by atoms with E-state index in [2.05, 4.69) is 21.9 Å². The molecular weight excluding hydrogens is 268 g/mol. The molecule has 0 bridgehead atoms. The van der Waals surface area contributed by atoms with Crippen LogP contribution in [0.25, 0.3) is 0 Å². The van der Waals surface area contributed by atoms with Crippen molar-refractivity contribution in [2.24, 2.45) is 5.84 Å². The van der Waals surface area contributed by atoms with Gasteiger partial charge in [0.1, 0.15) is 0 Å². The predicted octanol–water partition coefficient (Wildman–Crippen LogP) is 2.50. The van der Waals surface area contributed by atoms with Gasteiger partial charge in [-0.1, -0.05) is 41.2 Å². The van der Waals surface area contributed by atoms with Crippen LogP contribution in [0.3, 0.4) is 0 Å². The summed E-state index contributed by atoms with van der Waals surface area (Å²) in [6.45, 7) is 2.06. The monoisotopic (exact) mass is 282 g/mol. The lowest BCUT2D eigenvalue weighted by molar-refractivity contribution is 0.555. The van der Waals surface area contributed by atoms with Gasteiger partial charge in [-0.25, -0.2) is 0 Å². The van der Waals surface area contributed by atoms with Crippen molar-refractivity contribution in [2.75, 3.05) is 0 Å². The molecule has 4 nitrogen and oxygen atoms in total. The standard InChI is InChI=1S/C12H15ClN4S/c1-2-10-12(18-17-16-10)11(15-14)7-8-5-3-4-6-9(8)13/h3-6,11,15H,2,7,14H2,1H3. The van der Waals surface area contributed by atoms with Crippen LogP contribution in [0.5, 0.6) is 0 Å². The summed E-state index contributed by atoms with van der Waals surface area (Å²) in [5.41, 5.74) is 4.89. The first-order chi connectivity index (χ1) is 8.76. The van der Waals surface area contributed by atoms with E-state index < -0.39 is 0 Å². The number of nitrogens with one attached hydrogen (secondary N) is 1. The van der Waals surface area contributed by atoms with E-state index in [1.54, 1.807) is 0 Å². The SMILES string of the molecule is CCc1nnsc1C(Cc1ccccc1Cl)NN. The van der Waals surface area contributed by atoms with Crippen LogP contribution in [0.2, 0.25) is 5.02 Å². The summed E-state index contributed by atoms with van der Waals surface area (Å²) in [4.78, 5) is 1.08. The highest BCUT2D eigenvalue weighted by Crippen LogP contribution is 2.26. The van der Waals surface area contributed by atoms with Gasteiger partial charge < -0.3 is 0 Å². The number of hydrazine groups is 1. The maximum Gasteiger partial charge on any atom is 0.0801 e. The maximum atomic E-state index is 6.16. The Morgan fingerprint density at radius 3 is 2.89 bits per heavy atom. The molecule has 0 aliphatic carbocycles. The molecule has 3 N–H and O–H groups in total. The Hall–Kier alpha value is -1.01. The van der Waals surface area contributed by atoms with Crippen molar-refractivity contribution in [1.29, 1.82) is 0 Å². The summed E-state index contributed by atoms with van der Waals surface area (Å²) < 4.78 is 3.99. The second-order valence-electron chi connectivity index (χ2n) is 3.95. The fraction of sp³-hybridized carbons (Fsp3) is 0.333. The van der Waals surface area contributed by atoms with E-state index in [0.717, 1.165) is 34.0 Å². The number of hydrogen-bond donors (Lipinski definition) is 2. The molecule has 0 radical (unpaired) electrons. The summed E-state index contributed by atoms with van der Waals surface area (Å²) in [6, 6.07) is 7.78. The Morgan fingerprint density at radius 1 is 1.44 bits per heavy atom. The molecule has 0 aliphatic heterocycles. The molecule has 1 unspecified atom stereocenters. The van der Waals surface area contributed by atoms with Crippen molar-refractivity contribution < 1.29 is 0 Å². The molecular formula is C12H15ClN4S. The molecule has 1 heterocycles. The highest BCUT2D eigenvalue weighted by atomic mass is 35.5. The van der Waals surface area contributed by atoms with Gasteiger partial charge in [0.25, 0.3) is 0 Å². The Kier molecular flexibility index (Phi) is 4.66. The Labute approximate surface area is 115 Å². The van der Waals surface area contributed by atoms with Crippen molar-refractivity contribution >= 4 is 23.1 Å². The van der Waals surface area contributed by atoms with Crippen molar-refractivity contribution in [3.8, 4) is 0 Å². The zero-order valence-corrected chi connectivity index (χ0v) is 11.6. The third-order valence-electron chi connectivity index (χ3n) is 2.82. The van der Waals surface area contributed by atoms with Crippen LogP contribution < -0.4 is 11.3 Å². The van der Waals surface area contributed by atoms with E-state index in [1.165, 1.54) is 11.5 Å². The van der Waals surface area contributed by atoms with Gasteiger partial charge in [0.2, 0.25) is 0 Å². The number of nitrogens with two attached hydrogens (primary N) is 1. The normalized spacial score (nSPS) is 12.6. The molecule has 6 heteroatoms. The van der Waals surface area contributed by atoms with Crippen LogP contribution >= 0.6 is 23.1 Å². The summed E-state index contributed by atoms with van der Waals surface area (Å²) in [5.74, 6) is 5.64. The fourth-order valence-corrected chi connectivity index (χ4v) is 2.85. The smallest absolute Gasteiger partial charge is 0.0801 e. The van der Waals surface area contributed by atoms with E-state index in [4.69, 9.17) is 17.4 Å². The van der Waals surface area contributed by atoms with Gasteiger partial charge in [-0.05, 0) is 36.0 Å². The quantitative estimate of drug-likeness (QED) is 0.653. The summed E-state index contributed by atoms with van der Waals surface area (Å²) >= 11 is 7.55. The number of hydrogen-bond acceptors (Lipinski definition) is 5. The molecule has 18 heavy (non-hydrogen) atoms. The third-order valence-corrected chi connectivity index (χ3v) is 4.07. The fourth-order valence-electron chi connectivity index (χ4n) is 1.84. The number of aromatic nitrogens is 2. The van der Waals surface area contributed by atoms with Gasteiger partial charge in [-0.15, -0.1) is 5.10 Å². The van der Waals surface area contributed by atoms with Crippen molar-refractivity contribution in [1.82, 2.24) is 15.0 Å². The topological polar surface area (TPSA) is 63.8 Å². The second-order valence-corrected chi connectivity index (χ2v) is 5.15. The summed E-state index contributed by atoms with van der Waals surface area (Å²) in [5, 5.41) is 4.87. The minimum absolute atomic E-state index is 0.000139. The number of aryl methyl sites for hydroxylation is 1. The Balaban J connectivity index is 2.23. The minimum atomic E-state index is -0.000139. The Bertz CT molecular complexity index is 514. The zero-order valence-electron chi connectivity index (χ0n) is 10.1. The molecule has 0 fully saturated rings. The molecule has 2 rings (SSSR count).